The van der Waals surface area contributed by atoms with Gasteiger partial charge in [0.2, 0.25) is 0 Å². The summed E-state index contributed by atoms with van der Waals surface area (Å²) in [5.41, 5.74) is 1.07. The van der Waals surface area contributed by atoms with Crippen molar-refractivity contribution in [1.29, 1.82) is 0 Å². The van der Waals surface area contributed by atoms with Gasteiger partial charge in [-0.25, -0.2) is 9.97 Å². The Hall–Kier alpha value is -1.36. The van der Waals surface area contributed by atoms with Gasteiger partial charge in [0, 0.05) is 25.8 Å². The molecule has 1 aromatic heterocycles. The maximum atomic E-state index is 5.48. The second-order valence-corrected chi connectivity index (χ2v) is 4.81. The first-order valence-corrected chi connectivity index (χ1v) is 6.55. The normalized spacial score (nSPS) is 19.6. The van der Waals surface area contributed by atoms with Gasteiger partial charge in [-0.2, -0.15) is 0 Å². The Kier molecular flexibility index (Phi) is 4.36. The Morgan fingerprint density at radius 2 is 2.06 bits per heavy atom. The van der Waals surface area contributed by atoms with E-state index >= 15 is 0 Å². The van der Waals surface area contributed by atoms with E-state index < -0.39 is 0 Å². The predicted octanol–water partition coefficient (Wildman–Crippen LogP) is 1.97. The van der Waals surface area contributed by atoms with Crippen molar-refractivity contribution in [1.82, 2.24) is 9.97 Å². The van der Waals surface area contributed by atoms with Crippen molar-refractivity contribution in [2.24, 2.45) is 5.92 Å². The van der Waals surface area contributed by atoms with Crippen molar-refractivity contribution in [2.75, 3.05) is 37.4 Å². The zero-order valence-electron chi connectivity index (χ0n) is 11.4. The molecule has 0 aromatic carbocycles. The molecule has 1 atom stereocenters. The van der Waals surface area contributed by atoms with Crippen LogP contribution in [0.1, 0.15) is 24.2 Å². The summed E-state index contributed by atoms with van der Waals surface area (Å²) in [5, 5.41) is 6.53. The minimum Gasteiger partial charge on any atom is -0.381 e. The summed E-state index contributed by atoms with van der Waals surface area (Å²) in [7, 11) is 1.88. The van der Waals surface area contributed by atoms with Gasteiger partial charge in [-0.3, -0.25) is 0 Å². The molecular weight excluding hydrogens is 228 g/mol. The summed E-state index contributed by atoms with van der Waals surface area (Å²) in [6, 6.07) is 0. The molecule has 0 aliphatic carbocycles. The molecule has 1 fully saturated rings. The summed E-state index contributed by atoms with van der Waals surface area (Å²) in [5.74, 6) is 3.20. The van der Waals surface area contributed by atoms with E-state index in [2.05, 4.69) is 20.6 Å². The monoisotopic (exact) mass is 250 g/mol. The van der Waals surface area contributed by atoms with Crippen LogP contribution in [0.5, 0.6) is 0 Å². The fourth-order valence-electron chi connectivity index (χ4n) is 2.25. The fraction of sp³-hybridized carbons (Fsp3) is 0.692. The zero-order valence-corrected chi connectivity index (χ0v) is 11.4. The van der Waals surface area contributed by atoms with Crippen molar-refractivity contribution >= 4 is 11.6 Å². The van der Waals surface area contributed by atoms with Gasteiger partial charge in [-0.05, 0) is 32.6 Å². The van der Waals surface area contributed by atoms with E-state index in [9.17, 15) is 0 Å². The van der Waals surface area contributed by atoms with Crippen LogP contribution in [-0.2, 0) is 4.74 Å². The van der Waals surface area contributed by atoms with Crippen LogP contribution in [0.25, 0.3) is 0 Å². The summed E-state index contributed by atoms with van der Waals surface area (Å²) in [6.45, 7) is 6.63. The highest BCUT2D eigenvalue weighted by Crippen LogP contribution is 2.21. The Morgan fingerprint density at radius 3 is 2.72 bits per heavy atom. The molecule has 1 aliphatic rings. The van der Waals surface area contributed by atoms with E-state index in [0.29, 0.717) is 5.92 Å². The average Bonchev–Trinajstić information content (AvgIpc) is 2.40. The van der Waals surface area contributed by atoms with E-state index in [4.69, 9.17) is 4.74 Å². The molecule has 1 saturated heterocycles. The number of hydrogen-bond acceptors (Lipinski definition) is 5. The van der Waals surface area contributed by atoms with Gasteiger partial charge < -0.3 is 15.4 Å². The fourth-order valence-corrected chi connectivity index (χ4v) is 2.25. The third-order valence-corrected chi connectivity index (χ3v) is 3.31. The third-order valence-electron chi connectivity index (χ3n) is 3.31. The Morgan fingerprint density at radius 1 is 1.28 bits per heavy atom. The van der Waals surface area contributed by atoms with Crippen LogP contribution in [0, 0.1) is 19.8 Å². The SMILES string of the molecule is CNc1nc(C)nc(NCC2CCCOC2)c1C. The van der Waals surface area contributed by atoms with Gasteiger partial charge in [-0.15, -0.1) is 0 Å². The van der Waals surface area contributed by atoms with Crippen LogP contribution in [-0.4, -0.2) is 36.8 Å². The van der Waals surface area contributed by atoms with Crippen molar-refractivity contribution in [3.05, 3.63) is 11.4 Å². The molecule has 1 aliphatic heterocycles. The van der Waals surface area contributed by atoms with Crippen LogP contribution >= 0.6 is 0 Å². The van der Waals surface area contributed by atoms with Crippen LogP contribution in [0.4, 0.5) is 11.6 Å². The zero-order chi connectivity index (χ0) is 13.0. The molecule has 18 heavy (non-hydrogen) atoms. The van der Waals surface area contributed by atoms with Crippen molar-refractivity contribution in [3.63, 3.8) is 0 Å². The topological polar surface area (TPSA) is 59.1 Å². The van der Waals surface area contributed by atoms with Crippen molar-refractivity contribution in [2.45, 2.75) is 26.7 Å². The van der Waals surface area contributed by atoms with E-state index in [0.717, 1.165) is 49.2 Å². The van der Waals surface area contributed by atoms with Crippen molar-refractivity contribution < 1.29 is 4.74 Å². The van der Waals surface area contributed by atoms with Gasteiger partial charge in [-0.1, -0.05) is 0 Å². The van der Waals surface area contributed by atoms with Crippen LogP contribution in [0.15, 0.2) is 0 Å². The standard InChI is InChI=1S/C13H22N4O/c1-9-12(14-3)16-10(2)17-13(9)15-7-11-5-4-6-18-8-11/h11H,4-8H2,1-3H3,(H2,14,15,16,17). The van der Waals surface area contributed by atoms with Gasteiger partial charge >= 0.3 is 0 Å². The lowest BCUT2D eigenvalue weighted by atomic mass is 10.0. The van der Waals surface area contributed by atoms with Crippen molar-refractivity contribution in [3.8, 4) is 0 Å². The predicted molar refractivity (Wildman–Crippen MR) is 73.1 cm³/mol. The number of ether oxygens (including phenoxy) is 1. The summed E-state index contributed by atoms with van der Waals surface area (Å²) in [6.07, 6.45) is 2.39. The minimum atomic E-state index is 0.589. The maximum absolute atomic E-state index is 5.48. The number of nitrogens with one attached hydrogen (secondary N) is 2. The van der Waals surface area contributed by atoms with Crippen LogP contribution in [0.2, 0.25) is 0 Å². The molecule has 2 heterocycles. The number of aryl methyl sites for hydroxylation is 1. The first-order valence-electron chi connectivity index (χ1n) is 6.55. The maximum Gasteiger partial charge on any atom is 0.134 e. The Labute approximate surface area is 108 Å². The molecular formula is C13H22N4O. The first-order chi connectivity index (χ1) is 8.70. The smallest absolute Gasteiger partial charge is 0.134 e. The van der Waals surface area contributed by atoms with Gasteiger partial charge in [0.15, 0.2) is 0 Å². The second kappa shape index (κ2) is 6.00. The Bertz CT molecular complexity index is 402. The summed E-state index contributed by atoms with van der Waals surface area (Å²) < 4.78 is 5.48. The van der Waals surface area contributed by atoms with Gasteiger partial charge in [0.25, 0.3) is 0 Å². The molecule has 100 valence electrons. The van der Waals surface area contributed by atoms with Crippen LogP contribution in [0.3, 0.4) is 0 Å². The lowest BCUT2D eigenvalue weighted by molar-refractivity contribution is 0.0595. The second-order valence-electron chi connectivity index (χ2n) is 4.81. The Balaban J connectivity index is 2.01. The number of hydrogen-bond donors (Lipinski definition) is 2. The highest BCUT2D eigenvalue weighted by atomic mass is 16.5. The lowest BCUT2D eigenvalue weighted by Gasteiger charge is -2.23. The first kappa shape index (κ1) is 13.1. The molecule has 2 N–H and O–H groups in total. The molecule has 5 nitrogen and oxygen atoms in total. The number of rotatable bonds is 4. The van der Waals surface area contributed by atoms with E-state index in [-0.39, 0.29) is 0 Å². The molecule has 0 spiro atoms. The van der Waals surface area contributed by atoms with Crippen LogP contribution < -0.4 is 10.6 Å². The number of aromatic nitrogens is 2. The highest BCUT2D eigenvalue weighted by Gasteiger charge is 2.15. The number of nitrogens with zero attached hydrogens (tertiary/aromatic N) is 2. The molecule has 2 rings (SSSR count). The molecule has 1 unspecified atom stereocenters. The molecule has 0 radical (unpaired) electrons. The quantitative estimate of drug-likeness (QED) is 0.855. The number of anilines is 2. The highest BCUT2D eigenvalue weighted by molar-refractivity contribution is 5.56. The molecule has 0 bridgehead atoms. The molecule has 0 saturated carbocycles. The lowest BCUT2D eigenvalue weighted by Crippen LogP contribution is -2.25. The summed E-state index contributed by atoms with van der Waals surface area (Å²) in [4.78, 5) is 8.82. The van der Waals surface area contributed by atoms with E-state index in [1.807, 2.05) is 20.9 Å². The van der Waals surface area contributed by atoms with E-state index in [1.54, 1.807) is 0 Å². The molecule has 5 heteroatoms. The molecule has 1 aromatic rings. The minimum absolute atomic E-state index is 0.589. The molecule has 0 amide bonds. The van der Waals surface area contributed by atoms with E-state index in [1.165, 1.54) is 6.42 Å². The largest absolute Gasteiger partial charge is 0.381 e. The third kappa shape index (κ3) is 3.10. The van der Waals surface area contributed by atoms with Gasteiger partial charge in [0.1, 0.15) is 17.5 Å². The average molecular weight is 250 g/mol. The van der Waals surface area contributed by atoms with Gasteiger partial charge in [0.05, 0.1) is 6.61 Å². The summed E-state index contributed by atoms with van der Waals surface area (Å²) >= 11 is 0.